The molecule has 7 nitrogen and oxygen atoms in total. The Bertz CT molecular complexity index is 1110. The van der Waals surface area contributed by atoms with Gasteiger partial charge >= 0.3 is 0 Å². The van der Waals surface area contributed by atoms with Gasteiger partial charge in [-0.15, -0.1) is 11.3 Å². The number of fused-ring (bicyclic) bond motifs is 2. The van der Waals surface area contributed by atoms with Crippen molar-refractivity contribution in [1.82, 2.24) is 10.7 Å². The van der Waals surface area contributed by atoms with Gasteiger partial charge in [0, 0.05) is 10.1 Å². The van der Waals surface area contributed by atoms with Crippen LogP contribution in [0.2, 0.25) is 5.02 Å². The summed E-state index contributed by atoms with van der Waals surface area (Å²) in [6.07, 6.45) is 1.49. The first-order valence-corrected chi connectivity index (χ1v) is 9.98. The Morgan fingerprint density at radius 2 is 1.93 bits per heavy atom. The van der Waals surface area contributed by atoms with E-state index in [1.54, 1.807) is 18.2 Å². The van der Waals surface area contributed by atoms with Crippen molar-refractivity contribution in [3.63, 3.8) is 0 Å². The molecule has 148 valence electrons. The smallest absolute Gasteiger partial charge is 0.263 e. The summed E-state index contributed by atoms with van der Waals surface area (Å²) in [5.74, 6) is 0.464. The normalized spacial score (nSPS) is 12.9. The largest absolute Gasteiger partial charge is 0.486 e. The summed E-state index contributed by atoms with van der Waals surface area (Å²) in [4.78, 5) is 24.7. The molecule has 0 unspecified atom stereocenters. The minimum Gasteiger partial charge on any atom is -0.486 e. The topological polar surface area (TPSA) is 89.0 Å². The molecule has 0 saturated carbocycles. The van der Waals surface area contributed by atoms with Gasteiger partial charge in [0.1, 0.15) is 18.1 Å². The monoisotopic (exact) mass is 429 g/mol. The molecule has 2 heterocycles. The Balaban J connectivity index is 1.31. The summed E-state index contributed by atoms with van der Waals surface area (Å²) in [6.45, 7) is 0.796. The van der Waals surface area contributed by atoms with E-state index in [-0.39, 0.29) is 6.54 Å². The highest BCUT2D eigenvalue weighted by Gasteiger charge is 2.17. The number of hydrogen-bond acceptors (Lipinski definition) is 6. The Hall–Kier alpha value is -3.10. The van der Waals surface area contributed by atoms with E-state index in [0.717, 1.165) is 15.6 Å². The van der Waals surface area contributed by atoms with E-state index in [2.05, 4.69) is 15.8 Å². The van der Waals surface area contributed by atoms with Gasteiger partial charge in [0.05, 0.1) is 17.8 Å². The molecule has 0 spiro atoms. The first kappa shape index (κ1) is 19.2. The van der Waals surface area contributed by atoms with Crippen LogP contribution in [0, 0.1) is 0 Å². The van der Waals surface area contributed by atoms with E-state index in [0.29, 0.717) is 34.6 Å². The Morgan fingerprint density at radius 1 is 1.14 bits per heavy atom. The van der Waals surface area contributed by atoms with Gasteiger partial charge in [0.2, 0.25) is 0 Å². The minimum atomic E-state index is -0.454. The molecule has 1 aliphatic rings. The third-order valence-corrected chi connectivity index (χ3v) is 5.79. The van der Waals surface area contributed by atoms with Crippen LogP contribution in [-0.4, -0.2) is 37.8 Å². The maximum Gasteiger partial charge on any atom is 0.263 e. The number of carbonyl (C=O) groups is 2. The highest BCUT2D eigenvalue weighted by atomic mass is 35.5. The highest BCUT2D eigenvalue weighted by Crippen LogP contribution is 2.35. The minimum absolute atomic E-state index is 0.220. The van der Waals surface area contributed by atoms with Crippen molar-refractivity contribution in [3.05, 3.63) is 57.9 Å². The van der Waals surface area contributed by atoms with Gasteiger partial charge in [-0.2, -0.15) is 5.10 Å². The number of hydrazone groups is 1. The second-order valence-electron chi connectivity index (χ2n) is 6.12. The van der Waals surface area contributed by atoms with Crippen molar-refractivity contribution in [1.29, 1.82) is 0 Å². The third kappa shape index (κ3) is 4.33. The molecule has 0 saturated heterocycles. The second kappa shape index (κ2) is 8.50. The summed E-state index contributed by atoms with van der Waals surface area (Å²) in [5, 5.41) is 7.66. The van der Waals surface area contributed by atoms with E-state index >= 15 is 0 Å². The quantitative estimate of drug-likeness (QED) is 0.481. The summed E-state index contributed by atoms with van der Waals surface area (Å²) in [5.41, 5.74) is 3.12. The molecule has 0 aliphatic carbocycles. The Morgan fingerprint density at radius 3 is 2.76 bits per heavy atom. The van der Waals surface area contributed by atoms with Crippen LogP contribution >= 0.6 is 22.9 Å². The van der Waals surface area contributed by atoms with Crippen LogP contribution < -0.4 is 20.2 Å². The zero-order valence-corrected chi connectivity index (χ0v) is 16.7. The number of carbonyl (C=O) groups excluding carboxylic acids is 2. The summed E-state index contributed by atoms with van der Waals surface area (Å²) >= 11 is 7.56. The van der Waals surface area contributed by atoms with E-state index in [1.807, 2.05) is 24.3 Å². The van der Waals surface area contributed by atoms with Crippen molar-refractivity contribution < 1.29 is 19.1 Å². The zero-order chi connectivity index (χ0) is 20.2. The molecule has 2 amide bonds. The SMILES string of the molecule is O=C(CNC(=O)c1sc2ccccc2c1Cl)N/N=C\c1ccc2c(c1)OCCO2. The number of hydrogen-bond donors (Lipinski definition) is 2. The lowest BCUT2D eigenvalue weighted by Crippen LogP contribution is -2.34. The fraction of sp³-hybridized carbons (Fsp3) is 0.150. The van der Waals surface area contributed by atoms with Crippen LogP contribution in [0.1, 0.15) is 15.2 Å². The van der Waals surface area contributed by atoms with Crippen molar-refractivity contribution in [3.8, 4) is 11.5 Å². The van der Waals surface area contributed by atoms with Crippen LogP contribution in [0.4, 0.5) is 0 Å². The fourth-order valence-electron chi connectivity index (χ4n) is 2.76. The molecule has 29 heavy (non-hydrogen) atoms. The van der Waals surface area contributed by atoms with E-state index in [9.17, 15) is 9.59 Å². The van der Waals surface area contributed by atoms with E-state index < -0.39 is 11.8 Å². The van der Waals surface area contributed by atoms with Crippen LogP contribution in [0.5, 0.6) is 11.5 Å². The predicted molar refractivity (Wildman–Crippen MR) is 112 cm³/mol. The predicted octanol–water partition coefficient (Wildman–Crippen LogP) is 3.21. The number of ether oxygens (including phenoxy) is 2. The maximum atomic E-state index is 12.3. The van der Waals surface area contributed by atoms with Gasteiger partial charge < -0.3 is 14.8 Å². The Labute approximate surface area is 175 Å². The molecular formula is C20H16ClN3O4S. The molecule has 2 aromatic carbocycles. The lowest BCUT2D eigenvalue weighted by molar-refractivity contribution is -0.120. The number of nitrogens with zero attached hydrogens (tertiary/aromatic N) is 1. The van der Waals surface area contributed by atoms with Gasteiger partial charge in [-0.05, 0) is 29.8 Å². The molecule has 2 N–H and O–H groups in total. The lowest BCUT2D eigenvalue weighted by atomic mass is 10.2. The van der Waals surface area contributed by atoms with Gasteiger partial charge in [-0.3, -0.25) is 9.59 Å². The standard InChI is InChI=1S/C20H16ClN3O4S/c21-18-13-3-1-2-4-16(13)29-19(18)20(26)22-11-17(25)24-23-10-12-5-6-14-15(9-12)28-8-7-27-14/h1-6,9-10H,7-8,11H2,(H,22,26)(H,24,25)/b23-10-. The Kier molecular flexibility index (Phi) is 5.64. The van der Waals surface area contributed by atoms with Gasteiger partial charge in [0.15, 0.2) is 11.5 Å². The van der Waals surface area contributed by atoms with Gasteiger partial charge in [-0.25, -0.2) is 5.43 Å². The second-order valence-corrected chi connectivity index (χ2v) is 7.55. The number of halogens is 1. The summed E-state index contributed by atoms with van der Waals surface area (Å²) < 4.78 is 11.9. The number of rotatable bonds is 5. The number of benzene rings is 2. The van der Waals surface area contributed by atoms with Crippen molar-refractivity contribution >= 4 is 51.1 Å². The summed E-state index contributed by atoms with van der Waals surface area (Å²) in [7, 11) is 0. The van der Waals surface area contributed by atoms with E-state index in [4.69, 9.17) is 21.1 Å². The van der Waals surface area contributed by atoms with Crippen LogP contribution in [0.15, 0.2) is 47.6 Å². The molecule has 0 atom stereocenters. The molecule has 3 aromatic rings. The average molecular weight is 430 g/mol. The first-order valence-electron chi connectivity index (χ1n) is 8.78. The van der Waals surface area contributed by atoms with Crippen LogP contribution in [0.25, 0.3) is 10.1 Å². The fourth-order valence-corrected chi connectivity index (χ4v) is 4.19. The first-order chi connectivity index (χ1) is 14.1. The molecule has 4 rings (SSSR count). The van der Waals surface area contributed by atoms with Crippen LogP contribution in [-0.2, 0) is 4.79 Å². The van der Waals surface area contributed by atoms with E-state index in [1.165, 1.54) is 17.6 Å². The summed E-state index contributed by atoms with van der Waals surface area (Å²) in [6, 6.07) is 12.8. The number of nitrogens with one attached hydrogen (secondary N) is 2. The van der Waals surface area contributed by atoms with Gasteiger partial charge in [0.25, 0.3) is 11.8 Å². The highest BCUT2D eigenvalue weighted by molar-refractivity contribution is 7.21. The molecular weight excluding hydrogens is 414 g/mol. The average Bonchev–Trinajstić information content (AvgIpc) is 3.09. The van der Waals surface area contributed by atoms with Crippen molar-refractivity contribution in [2.24, 2.45) is 5.10 Å². The number of amides is 2. The third-order valence-electron chi connectivity index (χ3n) is 4.12. The zero-order valence-electron chi connectivity index (χ0n) is 15.1. The van der Waals surface area contributed by atoms with Crippen LogP contribution in [0.3, 0.4) is 0 Å². The molecule has 0 bridgehead atoms. The molecule has 1 aromatic heterocycles. The van der Waals surface area contributed by atoms with Crippen molar-refractivity contribution in [2.45, 2.75) is 0 Å². The molecule has 9 heteroatoms. The number of thiophene rings is 1. The molecule has 0 radical (unpaired) electrons. The molecule has 1 aliphatic heterocycles. The van der Waals surface area contributed by atoms with Gasteiger partial charge in [-0.1, -0.05) is 29.8 Å². The van der Waals surface area contributed by atoms with Crippen molar-refractivity contribution in [2.75, 3.05) is 19.8 Å². The lowest BCUT2D eigenvalue weighted by Gasteiger charge is -2.18. The molecule has 0 fully saturated rings. The maximum absolute atomic E-state index is 12.3.